The van der Waals surface area contributed by atoms with Crippen LogP contribution in [0.15, 0.2) is 18.3 Å². The summed E-state index contributed by atoms with van der Waals surface area (Å²) in [5, 5.41) is 3.19. The third-order valence-corrected chi connectivity index (χ3v) is 3.53. The van der Waals surface area contributed by atoms with Gasteiger partial charge in [-0.2, -0.15) is 0 Å². The Bertz CT molecular complexity index is 530. The summed E-state index contributed by atoms with van der Waals surface area (Å²) in [4.78, 5) is 29.6. The molecule has 1 atom stereocenters. The third-order valence-electron chi connectivity index (χ3n) is 3.53. The molecule has 1 saturated heterocycles. The number of primary amides is 1. The molecule has 2 rings (SSSR count). The molecule has 1 unspecified atom stereocenters. The van der Waals surface area contributed by atoms with Crippen LogP contribution in [0.4, 0.5) is 5.82 Å². The van der Waals surface area contributed by atoms with E-state index in [1.54, 1.807) is 23.2 Å². The Hall–Kier alpha value is -2.11. The van der Waals surface area contributed by atoms with Gasteiger partial charge in [-0.05, 0) is 38.3 Å². The minimum absolute atomic E-state index is 0.0433. The van der Waals surface area contributed by atoms with Gasteiger partial charge in [0.15, 0.2) is 0 Å². The van der Waals surface area contributed by atoms with Crippen molar-refractivity contribution in [2.24, 2.45) is 11.7 Å². The van der Waals surface area contributed by atoms with Crippen LogP contribution in [-0.2, 0) is 4.79 Å². The van der Waals surface area contributed by atoms with Crippen LogP contribution in [0, 0.1) is 5.92 Å². The Labute approximate surface area is 124 Å². The van der Waals surface area contributed by atoms with Crippen LogP contribution in [0.25, 0.3) is 0 Å². The first-order valence-electron chi connectivity index (χ1n) is 7.26. The fraction of sp³-hybridized carbons (Fsp3) is 0.533. The van der Waals surface area contributed by atoms with E-state index in [4.69, 9.17) is 5.73 Å². The quantitative estimate of drug-likeness (QED) is 0.854. The van der Waals surface area contributed by atoms with Crippen molar-refractivity contribution in [3.8, 4) is 0 Å². The number of carbonyl (C=O) groups excluding carboxylic acids is 2. The average Bonchev–Trinajstić information content (AvgIpc) is 2.85. The fourth-order valence-electron chi connectivity index (χ4n) is 2.60. The molecule has 2 amide bonds. The van der Waals surface area contributed by atoms with Crippen molar-refractivity contribution >= 4 is 17.6 Å². The van der Waals surface area contributed by atoms with Crippen LogP contribution >= 0.6 is 0 Å². The predicted molar refractivity (Wildman–Crippen MR) is 80.8 cm³/mol. The SMILES string of the molecule is CC(C)Nc1ncccc1C(=O)N1CCC(CC(N)=O)C1. The van der Waals surface area contributed by atoms with Gasteiger partial charge in [0, 0.05) is 31.7 Å². The highest BCUT2D eigenvalue weighted by Gasteiger charge is 2.29. The number of likely N-dealkylation sites (tertiary alicyclic amines) is 1. The molecular formula is C15H22N4O2. The number of hydrogen-bond acceptors (Lipinski definition) is 4. The molecule has 1 aromatic rings. The standard InChI is InChI=1S/C15H22N4O2/c1-10(2)18-14-12(4-3-6-17-14)15(21)19-7-5-11(9-19)8-13(16)20/h3-4,6,10-11H,5,7-9H2,1-2H3,(H2,16,20)(H,17,18). The van der Waals surface area contributed by atoms with Gasteiger partial charge in [0.25, 0.3) is 5.91 Å². The molecule has 6 nitrogen and oxygen atoms in total. The van der Waals surface area contributed by atoms with Gasteiger partial charge in [-0.15, -0.1) is 0 Å². The molecule has 0 saturated carbocycles. The van der Waals surface area contributed by atoms with Gasteiger partial charge in [0.1, 0.15) is 5.82 Å². The largest absolute Gasteiger partial charge is 0.370 e. The van der Waals surface area contributed by atoms with Gasteiger partial charge >= 0.3 is 0 Å². The molecule has 21 heavy (non-hydrogen) atoms. The summed E-state index contributed by atoms with van der Waals surface area (Å²) in [5.74, 6) is 0.427. The highest BCUT2D eigenvalue weighted by atomic mass is 16.2. The number of nitrogens with two attached hydrogens (primary N) is 1. The van der Waals surface area contributed by atoms with Crippen LogP contribution < -0.4 is 11.1 Å². The number of nitrogens with one attached hydrogen (secondary N) is 1. The van der Waals surface area contributed by atoms with Crippen molar-refractivity contribution in [3.05, 3.63) is 23.9 Å². The zero-order chi connectivity index (χ0) is 15.4. The number of carbonyl (C=O) groups is 2. The Morgan fingerprint density at radius 1 is 1.52 bits per heavy atom. The summed E-state index contributed by atoms with van der Waals surface area (Å²) in [5.41, 5.74) is 5.80. The maximum absolute atomic E-state index is 12.6. The van der Waals surface area contributed by atoms with Crippen molar-refractivity contribution in [2.45, 2.75) is 32.7 Å². The predicted octanol–water partition coefficient (Wildman–Crippen LogP) is 1.24. The van der Waals surface area contributed by atoms with Gasteiger partial charge in [-0.25, -0.2) is 4.98 Å². The molecule has 3 N–H and O–H groups in total. The van der Waals surface area contributed by atoms with Gasteiger partial charge in [-0.3, -0.25) is 9.59 Å². The molecule has 0 bridgehead atoms. The van der Waals surface area contributed by atoms with Crippen LogP contribution in [-0.4, -0.2) is 40.8 Å². The molecule has 0 aromatic carbocycles. The maximum atomic E-state index is 12.6. The highest BCUT2D eigenvalue weighted by molar-refractivity contribution is 5.98. The summed E-state index contributed by atoms with van der Waals surface area (Å²) < 4.78 is 0. The topological polar surface area (TPSA) is 88.3 Å². The first-order chi connectivity index (χ1) is 9.97. The smallest absolute Gasteiger partial charge is 0.257 e. The number of aromatic nitrogens is 1. The number of amides is 2. The van der Waals surface area contributed by atoms with E-state index in [0.717, 1.165) is 6.42 Å². The molecule has 2 heterocycles. The lowest BCUT2D eigenvalue weighted by Crippen LogP contribution is -2.30. The van der Waals surface area contributed by atoms with Crippen molar-refractivity contribution in [3.63, 3.8) is 0 Å². The van der Waals surface area contributed by atoms with Crippen LogP contribution in [0.5, 0.6) is 0 Å². The minimum atomic E-state index is -0.308. The third kappa shape index (κ3) is 3.93. The first kappa shape index (κ1) is 15.3. The second-order valence-corrected chi connectivity index (χ2v) is 5.77. The van der Waals surface area contributed by atoms with Gasteiger partial charge in [0.2, 0.25) is 5.91 Å². The Kier molecular flexibility index (Phi) is 4.77. The monoisotopic (exact) mass is 290 g/mol. The summed E-state index contributed by atoms with van der Waals surface area (Å²) in [6.07, 6.45) is 2.83. The summed E-state index contributed by atoms with van der Waals surface area (Å²) in [6.45, 7) is 5.24. The van der Waals surface area contributed by atoms with Crippen molar-refractivity contribution in [1.29, 1.82) is 0 Å². The summed E-state index contributed by atoms with van der Waals surface area (Å²) in [7, 11) is 0. The lowest BCUT2D eigenvalue weighted by Gasteiger charge is -2.19. The van der Waals surface area contributed by atoms with Crippen molar-refractivity contribution in [2.75, 3.05) is 18.4 Å². The minimum Gasteiger partial charge on any atom is -0.370 e. The number of rotatable bonds is 5. The molecular weight excluding hydrogens is 268 g/mol. The van der Waals surface area contributed by atoms with E-state index in [-0.39, 0.29) is 23.8 Å². The lowest BCUT2D eigenvalue weighted by atomic mass is 10.1. The van der Waals surface area contributed by atoms with E-state index >= 15 is 0 Å². The molecule has 0 radical (unpaired) electrons. The average molecular weight is 290 g/mol. The molecule has 114 valence electrons. The van der Waals surface area contributed by atoms with E-state index in [1.807, 2.05) is 13.8 Å². The van der Waals surface area contributed by atoms with Crippen molar-refractivity contribution in [1.82, 2.24) is 9.88 Å². The Balaban J connectivity index is 2.09. The van der Waals surface area contributed by atoms with Gasteiger partial charge in [-0.1, -0.05) is 0 Å². The zero-order valence-corrected chi connectivity index (χ0v) is 12.5. The van der Waals surface area contributed by atoms with E-state index < -0.39 is 0 Å². The Morgan fingerprint density at radius 2 is 2.29 bits per heavy atom. The van der Waals surface area contributed by atoms with Crippen LogP contribution in [0.1, 0.15) is 37.0 Å². The molecule has 0 aliphatic carbocycles. The Morgan fingerprint density at radius 3 is 2.95 bits per heavy atom. The fourth-order valence-corrected chi connectivity index (χ4v) is 2.60. The highest BCUT2D eigenvalue weighted by Crippen LogP contribution is 2.23. The van der Waals surface area contributed by atoms with E-state index in [2.05, 4.69) is 10.3 Å². The summed E-state index contributed by atoms with van der Waals surface area (Å²) in [6, 6.07) is 3.74. The van der Waals surface area contributed by atoms with E-state index in [1.165, 1.54) is 0 Å². The van der Waals surface area contributed by atoms with Crippen molar-refractivity contribution < 1.29 is 9.59 Å². The van der Waals surface area contributed by atoms with Gasteiger partial charge < -0.3 is 16.0 Å². The second kappa shape index (κ2) is 6.56. The maximum Gasteiger partial charge on any atom is 0.257 e. The van der Waals surface area contributed by atoms with E-state index in [0.29, 0.717) is 30.9 Å². The molecule has 0 spiro atoms. The zero-order valence-electron chi connectivity index (χ0n) is 12.5. The van der Waals surface area contributed by atoms with E-state index in [9.17, 15) is 9.59 Å². The molecule has 1 aromatic heterocycles. The molecule has 1 aliphatic heterocycles. The molecule has 6 heteroatoms. The van der Waals surface area contributed by atoms with Crippen LogP contribution in [0.3, 0.4) is 0 Å². The van der Waals surface area contributed by atoms with Crippen LogP contribution in [0.2, 0.25) is 0 Å². The normalized spacial score (nSPS) is 18.0. The first-order valence-corrected chi connectivity index (χ1v) is 7.26. The number of nitrogens with zero attached hydrogens (tertiary/aromatic N) is 2. The summed E-state index contributed by atoms with van der Waals surface area (Å²) >= 11 is 0. The second-order valence-electron chi connectivity index (χ2n) is 5.77. The number of pyridine rings is 1. The molecule has 1 fully saturated rings. The van der Waals surface area contributed by atoms with Gasteiger partial charge in [0.05, 0.1) is 5.56 Å². The number of anilines is 1. The number of hydrogen-bond donors (Lipinski definition) is 2. The lowest BCUT2D eigenvalue weighted by molar-refractivity contribution is -0.118. The molecule has 1 aliphatic rings.